The summed E-state index contributed by atoms with van der Waals surface area (Å²) in [6, 6.07) is 5.04. The van der Waals surface area contributed by atoms with Crippen LogP contribution in [0.5, 0.6) is 0 Å². The van der Waals surface area contributed by atoms with Gasteiger partial charge in [-0.3, -0.25) is 10.1 Å². The molecular weight excluding hydrogens is 296 g/mol. The van der Waals surface area contributed by atoms with Gasteiger partial charge in [0.2, 0.25) is 0 Å². The third-order valence-corrected chi connectivity index (χ3v) is 3.89. The van der Waals surface area contributed by atoms with Crippen molar-refractivity contribution in [3.63, 3.8) is 0 Å². The second-order valence-electron chi connectivity index (χ2n) is 4.70. The molecule has 5 heteroatoms. The van der Waals surface area contributed by atoms with Crippen molar-refractivity contribution in [2.24, 2.45) is 0 Å². The Labute approximate surface area is 116 Å². The van der Waals surface area contributed by atoms with Gasteiger partial charge in [-0.05, 0) is 31.4 Å². The molecule has 0 aromatic heterocycles. The fraction of sp³-hybridized carbons (Fsp3) is 0.538. The Hall–Kier alpha value is -0.940. The summed E-state index contributed by atoms with van der Waals surface area (Å²) in [6.07, 6.45) is 2.05. The van der Waals surface area contributed by atoms with Crippen LogP contribution in [0.1, 0.15) is 39.2 Å². The van der Waals surface area contributed by atoms with E-state index < -0.39 is 0 Å². The van der Waals surface area contributed by atoms with Crippen LogP contribution in [0, 0.1) is 10.1 Å². The van der Waals surface area contributed by atoms with Crippen LogP contribution < -0.4 is 5.32 Å². The van der Waals surface area contributed by atoms with E-state index in [0.717, 1.165) is 22.9 Å². The number of nitrogens with zero attached hydrogens (tertiary/aromatic N) is 1. The maximum Gasteiger partial charge on any atom is 0.270 e. The van der Waals surface area contributed by atoms with E-state index >= 15 is 0 Å². The van der Waals surface area contributed by atoms with Crippen molar-refractivity contribution in [1.29, 1.82) is 0 Å². The van der Waals surface area contributed by atoms with E-state index in [2.05, 4.69) is 42.0 Å². The molecule has 0 bridgehead atoms. The van der Waals surface area contributed by atoms with Crippen LogP contribution in [0.4, 0.5) is 5.69 Å². The summed E-state index contributed by atoms with van der Waals surface area (Å²) in [5, 5.41) is 14.2. The number of nitro benzene ring substituents is 1. The molecule has 0 aliphatic heterocycles. The molecule has 0 fully saturated rings. The van der Waals surface area contributed by atoms with Gasteiger partial charge in [-0.1, -0.05) is 29.8 Å². The van der Waals surface area contributed by atoms with Crippen LogP contribution in [0.15, 0.2) is 22.7 Å². The van der Waals surface area contributed by atoms with E-state index in [1.165, 1.54) is 6.07 Å². The first-order chi connectivity index (χ1) is 8.40. The van der Waals surface area contributed by atoms with E-state index in [-0.39, 0.29) is 16.1 Å². The molecule has 0 heterocycles. The Kier molecular flexibility index (Phi) is 5.28. The topological polar surface area (TPSA) is 55.2 Å². The SMILES string of the molecule is CCC(C)(CC)NCc1cc(Br)cc([N+](=O)[O-])c1. The molecule has 0 saturated heterocycles. The van der Waals surface area contributed by atoms with Gasteiger partial charge < -0.3 is 5.32 Å². The minimum Gasteiger partial charge on any atom is -0.307 e. The summed E-state index contributed by atoms with van der Waals surface area (Å²) in [6.45, 7) is 7.08. The van der Waals surface area contributed by atoms with Gasteiger partial charge in [-0.2, -0.15) is 0 Å². The summed E-state index contributed by atoms with van der Waals surface area (Å²) < 4.78 is 0.739. The molecule has 0 radical (unpaired) electrons. The van der Waals surface area contributed by atoms with Crippen LogP contribution in [-0.2, 0) is 6.54 Å². The zero-order chi connectivity index (χ0) is 13.8. The van der Waals surface area contributed by atoms with Gasteiger partial charge in [0.25, 0.3) is 5.69 Å². The second kappa shape index (κ2) is 6.29. The van der Waals surface area contributed by atoms with E-state index in [0.29, 0.717) is 6.54 Å². The third-order valence-electron chi connectivity index (χ3n) is 3.43. The van der Waals surface area contributed by atoms with Gasteiger partial charge in [0.05, 0.1) is 4.92 Å². The Bertz CT molecular complexity index is 431. The first-order valence-electron chi connectivity index (χ1n) is 6.09. The van der Waals surface area contributed by atoms with Crippen LogP contribution in [0.3, 0.4) is 0 Å². The normalized spacial score (nSPS) is 11.6. The molecule has 4 nitrogen and oxygen atoms in total. The molecule has 0 saturated carbocycles. The maximum atomic E-state index is 10.8. The van der Waals surface area contributed by atoms with Crippen molar-refractivity contribution >= 4 is 21.6 Å². The molecule has 0 aliphatic rings. The molecule has 0 spiro atoms. The molecule has 100 valence electrons. The lowest BCUT2D eigenvalue weighted by Gasteiger charge is -2.28. The third kappa shape index (κ3) is 4.07. The number of benzene rings is 1. The summed E-state index contributed by atoms with van der Waals surface area (Å²) in [5.74, 6) is 0. The van der Waals surface area contributed by atoms with Crippen molar-refractivity contribution in [2.75, 3.05) is 0 Å². The summed E-state index contributed by atoms with van der Waals surface area (Å²) in [7, 11) is 0. The maximum absolute atomic E-state index is 10.8. The number of halogens is 1. The Morgan fingerprint density at radius 3 is 2.44 bits per heavy atom. The van der Waals surface area contributed by atoms with Crippen LogP contribution in [-0.4, -0.2) is 10.5 Å². The number of nitro groups is 1. The van der Waals surface area contributed by atoms with Crippen molar-refractivity contribution in [3.8, 4) is 0 Å². The Morgan fingerprint density at radius 1 is 1.33 bits per heavy atom. The van der Waals surface area contributed by atoms with E-state index in [1.807, 2.05) is 6.07 Å². The summed E-state index contributed by atoms with van der Waals surface area (Å²) >= 11 is 3.30. The molecule has 1 aromatic rings. The highest BCUT2D eigenvalue weighted by Crippen LogP contribution is 2.22. The predicted octanol–water partition coefficient (Wildman–Crippen LogP) is 4.03. The quantitative estimate of drug-likeness (QED) is 0.637. The minimum absolute atomic E-state index is 0.0805. The Balaban J connectivity index is 2.82. The highest BCUT2D eigenvalue weighted by atomic mass is 79.9. The predicted molar refractivity (Wildman–Crippen MR) is 76.6 cm³/mol. The van der Waals surface area contributed by atoms with Gasteiger partial charge in [0, 0.05) is 28.7 Å². The Morgan fingerprint density at radius 2 is 1.94 bits per heavy atom. The fourth-order valence-electron chi connectivity index (χ4n) is 1.66. The molecule has 0 aliphatic carbocycles. The lowest BCUT2D eigenvalue weighted by atomic mass is 9.95. The molecular formula is C13H19BrN2O2. The second-order valence-corrected chi connectivity index (χ2v) is 5.61. The highest BCUT2D eigenvalue weighted by Gasteiger charge is 2.18. The zero-order valence-electron chi connectivity index (χ0n) is 11.0. The zero-order valence-corrected chi connectivity index (χ0v) is 12.6. The highest BCUT2D eigenvalue weighted by molar-refractivity contribution is 9.10. The number of nitrogens with one attached hydrogen (secondary N) is 1. The molecule has 0 amide bonds. The molecule has 0 unspecified atom stereocenters. The number of hydrogen-bond acceptors (Lipinski definition) is 3. The molecule has 18 heavy (non-hydrogen) atoms. The number of hydrogen-bond donors (Lipinski definition) is 1. The van der Waals surface area contributed by atoms with E-state index in [9.17, 15) is 10.1 Å². The monoisotopic (exact) mass is 314 g/mol. The van der Waals surface area contributed by atoms with E-state index in [4.69, 9.17) is 0 Å². The summed E-state index contributed by atoms with van der Waals surface area (Å²) in [5.41, 5.74) is 1.12. The van der Waals surface area contributed by atoms with Crippen LogP contribution in [0.2, 0.25) is 0 Å². The molecule has 0 atom stereocenters. The van der Waals surface area contributed by atoms with Crippen molar-refractivity contribution in [1.82, 2.24) is 5.32 Å². The van der Waals surface area contributed by atoms with Gasteiger partial charge >= 0.3 is 0 Å². The number of non-ortho nitro benzene ring substituents is 1. The molecule has 1 rings (SSSR count). The average molecular weight is 315 g/mol. The fourth-order valence-corrected chi connectivity index (χ4v) is 2.18. The van der Waals surface area contributed by atoms with Gasteiger partial charge in [-0.15, -0.1) is 0 Å². The molecule has 1 N–H and O–H groups in total. The average Bonchev–Trinajstić information content (AvgIpc) is 2.35. The lowest BCUT2D eigenvalue weighted by molar-refractivity contribution is -0.385. The first-order valence-corrected chi connectivity index (χ1v) is 6.88. The van der Waals surface area contributed by atoms with Crippen LogP contribution in [0.25, 0.3) is 0 Å². The minimum atomic E-state index is -0.368. The van der Waals surface area contributed by atoms with Gasteiger partial charge in [0.15, 0.2) is 0 Å². The van der Waals surface area contributed by atoms with Crippen LogP contribution >= 0.6 is 15.9 Å². The van der Waals surface area contributed by atoms with Gasteiger partial charge in [-0.25, -0.2) is 0 Å². The molecule has 1 aromatic carbocycles. The lowest BCUT2D eigenvalue weighted by Crippen LogP contribution is -2.40. The largest absolute Gasteiger partial charge is 0.307 e. The van der Waals surface area contributed by atoms with Gasteiger partial charge in [0.1, 0.15) is 0 Å². The number of rotatable bonds is 6. The summed E-state index contributed by atoms with van der Waals surface area (Å²) in [4.78, 5) is 10.4. The van der Waals surface area contributed by atoms with Crippen molar-refractivity contribution in [3.05, 3.63) is 38.3 Å². The standard InChI is InChI=1S/C13H19BrN2O2/c1-4-13(3,5-2)15-9-10-6-11(14)8-12(7-10)16(17)18/h6-8,15H,4-5,9H2,1-3H3. The van der Waals surface area contributed by atoms with Crippen molar-refractivity contribution < 1.29 is 4.92 Å². The van der Waals surface area contributed by atoms with Crippen molar-refractivity contribution in [2.45, 2.75) is 45.7 Å². The first kappa shape index (κ1) is 15.1. The van der Waals surface area contributed by atoms with E-state index in [1.54, 1.807) is 6.07 Å². The smallest absolute Gasteiger partial charge is 0.270 e.